The topological polar surface area (TPSA) is 46.3 Å². The van der Waals surface area contributed by atoms with Crippen LogP contribution in [0.2, 0.25) is 5.02 Å². The summed E-state index contributed by atoms with van der Waals surface area (Å²) in [5.74, 6) is 0.161. The van der Waals surface area contributed by atoms with Crippen LogP contribution in [0.1, 0.15) is 25.8 Å². The number of nitrogens with zero attached hydrogens (tertiary/aromatic N) is 1. The van der Waals surface area contributed by atoms with Crippen molar-refractivity contribution in [1.82, 2.24) is 4.90 Å². The Balaban J connectivity index is 2.61. The second kappa shape index (κ2) is 6.50. The lowest BCUT2D eigenvalue weighted by Crippen LogP contribution is -2.30. The van der Waals surface area contributed by atoms with Crippen molar-refractivity contribution in [2.75, 3.05) is 18.8 Å². The van der Waals surface area contributed by atoms with Crippen LogP contribution in [0.15, 0.2) is 18.2 Å². The van der Waals surface area contributed by atoms with Gasteiger partial charge in [-0.1, -0.05) is 11.6 Å². The number of nitrogen functional groups attached to an aromatic ring is 1. The molecular weight excluding hydrogens is 236 g/mol. The maximum Gasteiger partial charge on any atom is 0.222 e. The molecular formula is C13H19ClN2O. The molecule has 0 radical (unpaired) electrons. The molecule has 3 nitrogen and oxygen atoms in total. The molecule has 1 amide bonds. The van der Waals surface area contributed by atoms with E-state index in [1.165, 1.54) is 0 Å². The van der Waals surface area contributed by atoms with Gasteiger partial charge in [-0.2, -0.15) is 0 Å². The number of anilines is 1. The third-order valence-corrected chi connectivity index (χ3v) is 3.16. The van der Waals surface area contributed by atoms with Crippen LogP contribution in [0, 0.1) is 0 Å². The Morgan fingerprint density at radius 2 is 2.00 bits per heavy atom. The lowest BCUT2D eigenvalue weighted by atomic mass is 10.1. The number of rotatable bonds is 5. The minimum atomic E-state index is 0.161. The van der Waals surface area contributed by atoms with E-state index in [-0.39, 0.29) is 5.91 Å². The zero-order valence-electron chi connectivity index (χ0n) is 10.4. The van der Waals surface area contributed by atoms with E-state index in [0.717, 1.165) is 18.7 Å². The fourth-order valence-electron chi connectivity index (χ4n) is 1.76. The minimum absolute atomic E-state index is 0.161. The van der Waals surface area contributed by atoms with E-state index in [1.807, 2.05) is 24.8 Å². The molecule has 0 aromatic heterocycles. The van der Waals surface area contributed by atoms with Crippen LogP contribution in [0.4, 0.5) is 5.69 Å². The molecule has 0 unspecified atom stereocenters. The summed E-state index contributed by atoms with van der Waals surface area (Å²) in [6, 6.07) is 5.37. The van der Waals surface area contributed by atoms with Crippen molar-refractivity contribution in [3.8, 4) is 0 Å². The van der Waals surface area contributed by atoms with Crippen molar-refractivity contribution in [3.63, 3.8) is 0 Å². The second-order valence-electron chi connectivity index (χ2n) is 3.92. The van der Waals surface area contributed by atoms with E-state index in [9.17, 15) is 4.79 Å². The first-order valence-corrected chi connectivity index (χ1v) is 6.28. The molecule has 1 rings (SSSR count). The number of amides is 1. The Morgan fingerprint density at radius 3 is 2.59 bits per heavy atom. The van der Waals surface area contributed by atoms with Gasteiger partial charge in [0, 0.05) is 30.2 Å². The molecule has 17 heavy (non-hydrogen) atoms. The molecule has 4 heteroatoms. The number of aryl methyl sites for hydroxylation is 1. The van der Waals surface area contributed by atoms with Gasteiger partial charge in [-0.15, -0.1) is 0 Å². The summed E-state index contributed by atoms with van der Waals surface area (Å²) in [5, 5.41) is 0.673. The van der Waals surface area contributed by atoms with Gasteiger partial charge in [0.05, 0.1) is 0 Å². The molecule has 0 aliphatic heterocycles. The molecule has 0 saturated carbocycles. The lowest BCUT2D eigenvalue weighted by molar-refractivity contribution is -0.130. The summed E-state index contributed by atoms with van der Waals surface area (Å²) < 4.78 is 0. The summed E-state index contributed by atoms with van der Waals surface area (Å²) in [5.41, 5.74) is 7.31. The molecule has 2 N–H and O–H groups in total. The van der Waals surface area contributed by atoms with Gasteiger partial charge < -0.3 is 10.6 Å². The number of nitrogens with two attached hydrogens (primary N) is 1. The fourth-order valence-corrected chi connectivity index (χ4v) is 1.97. The summed E-state index contributed by atoms with van der Waals surface area (Å²) in [4.78, 5) is 13.6. The van der Waals surface area contributed by atoms with Crippen molar-refractivity contribution < 1.29 is 4.79 Å². The van der Waals surface area contributed by atoms with Gasteiger partial charge >= 0.3 is 0 Å². The molecule has 1 aromatic rings. The van der Waals surface area contributed by atoms with Gasteiger partial charge in [-0.05, 0) is 44.0 Å². The van der Waals surface area contributed by atoms with Crippen LogP contribution in [-0.4, -0.2) is 23.9 Å². The van der Waals surface area contributed by atoms with Crippen molar-refractivity contribution in [2.45, 2.75) is 26.7 Å². The first-order chi connectivity index (χ1) is 8.08. The fraction of sp³-hybridized carbons (Fsp3) is 0.462. The van der Waals surface area contributed by atoms with Gasteiger partial charge in [-0.3, -0.25) is 4.79 Å². The van der Waals surface area contributed by atoms with E-state index >= 15 is 0 Å². The highest BCUT2D eigenvalue weighted by molar-refractivity contribution is 6.31. The van der Waals surface area contributed by atoms with E-state index in [0.29, 0.717) is 23.6 Å². The number of hydrogen-bond donors (Lipinski definition) is 1. The number of hydrogen-bond acceptors (Lipinski definition) is 2. The Labute approximate surface area is 108 Å². The molecule has 0 spiro atoms. The van der Waals surface area contributed by atoms with Crippen molar-refractivity contribution >= 4 is 23.2 Å². The number of carbonyl (C=O) groups is 1. The first-order valence-electron chi connectivity index (χ1n) is 5.90. The highest BCUT2D eigenvalue weighted by atomic mass is 35.5. The molecule has 0 atom stereocenters. The predicted octanol–water partition coefficient (Wildman–Crippen LogP) is 2.72. The largest absolute Gasteiger partial charge is 0.399 e. The maximum atomic E-state index is 11.8. The van der Waals surface area contributed by atoms with Crippen LogP contribution in [-0.2, 0) is 11.2 Å². The van der Waals surface area contributed by atoms with Crippen molar-refractivity contribution in [3.05, 3.63) is 28.8 Å². The van der Waals surface area contributed by atoms with Gasteiger partial charge in [0.2, 0.25) is 5.91 Å². The lowest BCUT2D eigenvalue weighted by Gasteiger charge is -2.18. The van der Waals surface area contributed by atoms with Crippen LogP contribution >= 0.6 is 11.6 Å². The number of benzene rings is 1. The van der Waals surface area contributed by atoms with Crippen LogP contribution in [0.3, 0.4) is 0 Å². The normalized spacial score (nSPS) is 10.3. The minimum Gasteiger partial charge on any atom is -0.399 e. The van der Waals surface area contributed by atoms with Crippen LogP contribution in [0.5, 0.6) is 0 Å². The average Bonchev–Trinajstić information content (AvgIpc) is 2.32. The Bertz CT molecular complexity index is 389. The summed E-state index contributed by atoms with van der Waals surface area (Å²) in [7, 11) is 0. The van der Waals surface area contributed by atoms with E-state index in [4.69, 9.17) is 17.3 Å². The average molecular weight is 255 g/mol. The molecule has 94 valence electrons. The molecule has 0 heterocycles. The zero-order valence-corrected chi connectivity index (χ0v) is 11.1. The number of halogens is 1. The van der Waals surface area contributed by atoms with E-state index < -0.39 is 0 Å². The smallest absolute Gasteiger partial charge is 0.222 e. The highest BCUT2D eigenvalue weighted by Crippen LogP contribution is 2.20. The van der Waals surface area contributed by atoms with Crippen LogP contribution < -0.4 is 5.73 Å². The Kier molecular flexibility index (Phi) is 5.29. The van der Waals surface area contributed by atoms with Gasteiger partial charge in [-0.25, -0.2) is 0 Å². The summed E-state index contributed by atoms with van der Waals surface area (Å²) in [6.07, 6.45) is 1.12. The molecule has 0 saturated heterocycles. The summed E-state index contributed by atoms with van der Waals surface area (Å²) in [6.45, 7) is 5.46. The molecule has 1 aromatic carbocycles. The molecule has 0 aliphatic carbocycles. The SMILES string of the molecule is CCN(CC)C(=O)CCc1cc(N)ccc1Cl. The van der Waals surface area contributed by atoms with Crippen LogP contribution in [0.25, 0.3) is 0 Å². The maximum absolute atomic E-state index is 11.8. The van der Waals surface area contributed by atoms with Gasteiger partial charge in [0.25, 0.3) is 0 Å². The third kappa shape index (κ3) is 3.93. The van der Waals surface area contributed by atoms with Crippen molar-refractivity contribution in [2.24, 2.45) is 0 Å². The quantitative estimate of drug-likeness (QED) is 0.822. The monoisotopic (exact) mass is 254 g/mol. The molecule has 0 fully saturated rings. The molecule has 0 aliphatic rings. The number of carbonyl (C=O) groups excluding carboxylic acids is 1. The Morgan fingerprint density at radius 1 is 1.35 bits per heavy atom. The summed E-state index contributed by atoms with van der Waals surface area (Å²) >= 11 is 6.05. The standard InChI is InChI=1S/C13H19ClN2O/c1-3-16(4-2)13(17)8-5-10-9-11(15)6-7-12(10)14/h6-7,9H,3-5,8,15H2,1-2H3. The zero-order chi connectivity index (χ0) is 12.8. The van der Waals surface area contributed by atoms with E-state index in [2.05, 4.69) is 0 Å². The second-order valence-corrected chi connectivity index (χ2v) is 4.32. The van der Waals surface area contributed by atoms with Gasteiger partial charge in [0.1, 0.15) is 0 Å². The van der Waals surface area contributed by atoms with Gasteiger partial charge in [0.15, 0.2) is 0 Å². The molecule has 0 bridgehead atoms. The Hall–Kier alpha value is -1.22. The third-order valence-electron chi connectivity index (χ3n) is 2.79. The first kappa shape index (κ1) is 13.8. The highest BCUT2D eigenvalue weighted by Gasteiger charge is 2.10. The van der Waals surface area contributed by atoms with E-state index in [1.54, 1.807) is 12.1 Å². The van der Waals surface area contributed by atoms with Crippen molar-refractivity contribution in [1.29, 1.82) is 0 Å². The predicted molar refractivity (Wildman–Crippen MR) is 72.1 cm³/mol.